The molecular formula is C18H16ClNO. The van der Waals surface area contributed by atoms with Crippen molar-refractivity contribution in [1.29, 1.82) is 0 Å². The largest absolute Gasteiger partial charge is 0.298 e. The van der Waals surface area contributed by atoms with Gasteiger partial charge in [0.2, 0.25) is 0 Å². The zero-order valence-electron chi connectivity index (χ0n) is 11.8. The maximum Gasteiger partial charge on any atom is 0.153 e. The molecule has 2 aromatic rings. The number of nitrogens with zero attached hydrogens (tertiary/aromatic N) is 1. The Kier molecular flexibility index (Phi) is 3.89. The number of hydrogen-bond donors (Lipinski definition) is 0. The summed E-state index contributed by atoms with van der Waals surface area (Å²) in [6.45, 7) is 0. The summed E-state index contributed by atoms with van der Waals surface area (Å²) in [6, 6.07) is 17.4. The van der Waals surface area contributed by atoms with Gasteiger partial charge in [-0.15, -0.1) is 0 Å². The van der Waals surface area contributed by atoms with Crippen LogP contribution in [-0.2, 0) is 4.79 Å². The van der Waals surface area contributed by atoms with E-state index in [2.05, 4.69) is 4.99 Å². The van der Waals surface area contributed by atoms with E-state index in [0.717, 1.165) is 16.8 Å². The predicted octanol–water partition coefficient (Wildman–Crippen LogP) is 4.25. The van der Waals surface area contributed by atoms with Crippen LogP contribution < -0.4 is 0 Å². The van der Waals surface area contributed by atoms with Gasteiger partial charge in [-0.1, -0.05) is 54.1 Å². The van der Waals surface area contributed by atoms with Crippen molar-refractivity contribution in [3.8, 4) is 0 Å². The van der Waals surface area contributed by atoms with E-state index in [-0.39, 0.29) is 17.6 Å². The van der Waals surface area contributed by atoms with Gasteiger partial charge in [0.1, 0.15) is 0 Å². The second-order valence-electron chi connectivity index (χ2n) is 5.27. The summed E-state index contributed by atoms with van der Waals surface area (Å²) < 4.78 is 0. The molecule has 1 saturated carbocycles. The summed E-state index contributed by atoms with van der Waals surface area (Å²) in [7, 11) is 1.76. The highest BCUT2D eigenvalue weighted by Gasteiger charge is 2.40. The number of benzene rings is 2. The van der Waals surface area contributed by atoms with Crippen molar-refractivity contribution in [1.82, 2.24) is 0 Å². The van der Waals surface area contributed by atoms with Crippen LogP contribution in [0.5, 0.6) is 0 Å². The van der Waals surface area contributed by atoms with Crippen LogP contribution in [0.25, 0.3) is 0 Å². The highest BCUT2D eigenvalue weighted by Crippen LogP contribution is 2.39. The van der Waals surface area contributed by atoms with Gasteiger partial charge in [0, 0.05) is 30.1 Å². The van der Waals surface area contributed by atoms with Gasteiger partial charge in [-0.3, -0.25) is 9.79 Å². The Morgan fingerprint density at radius 3 is 2.43 bits per heavy atom. The number of ketones is 1. The molecule has 0 N–H and O–H groups in total. The molecule has 0 radical (unpaired) electrons. The van der Waals surface area contributed by atoms with Crippen LogP contribution in [0.4, 0.5) is 0 Å². The van der Waals surface area contributed by atoms with Crippen molar-refractivity contribution >= 4 is 23.1 Å². The van der Waals surface area contributed by atoms with Crippen LogP contribution >= 0.6 is 11.6 Å². The zero-order valence-corrected chi connectivity index (χ0v) is 12.5. The lowest BCUT2D eigenvalue weighted by atomic mass is 9.91. The third-order valence-corrected chi connectivity index (χ3v) is 4.28. The second-order valence-corrected chi connectivity index (χ2v) is 5.71. The van der Waals surface area contributed by atoms with E-state index in [1.165, 1.54) is 0 Å². The van der Waals surface area contributed by atoms with E-state index in [1.807, 2.05) is 54.6 Å². The van der Waals surface area contributed by atoms with Crippen molar-refractivity contribution in [2.45, 2.75) is 18.3 Å². The molecule has 2 unspecified atom stereocenters. The molecule has 0 aromatic heterocycles. The summed E-state index contributed by atoms with van der Waals surface area (Å²) in [4.78, 5) is 17.2. The van der Waals surface area contributed by atoms with Gasteiger partial charge >= 0.3 is 0 Å². The lowest BCUT2D eigenvalue weighted by Crippen LogP contribution is -2.14. The fourth-order valence-electron chi connectivity index (χ4n) is 3.02. The van der Waals surface area contributed by atoms with Gasteiger partial charge in [0.25, 0.3) is 0 Å². The molecule has 2 aromatic carbocycles. The Hall–Kier alpha value is -1.93. The van der Waals surface area contributed by atoms with Gasteiger partial charge in [0.15, 0.2) is 5.78 Å². The number of carbonyl (C=O) groups is 1. The Balaban J connectivity index is 2.00. The molecule has 106 valence electrons. The Bertz CT molecular complexity index is 693. The summed E-state index contributed by atoms with van der Waals surface area (Å²) in [5, 5.41) is 0.652. The molecule has 21 heavy (non-hydrogen) atoms. The topological polar surface area (TPSA) is 29.4 Å². The Morgan fingerprint density at radius 2 is 1.76 bits per heavy atom. The van der Waals surface area contributed by atoms with Crippen LogP contribution in [0.1, 0.15) is 29.4 Å². The molecular weight excluding hydrogens is 282 g/mol. The summed E-state index contributed by atoms with van der Waals surface area (Å²) >= 11 is 6.06. The first-order valence-electron chi connectivity index (χ1n) is 7.00. The summed E-state index contributed by atoms with van der Waals surface area (Å²) in [5.41, 5.74) is 2.94. The standard InChI is InChI=1S/C18H16ClNO/c1-20-16-11-15(12-6-3-2-4-7-12)18(21)17(16)13-8-5-9-14(19)10-13/h2-10,15,17H,11H2,1H3. The van der Waals surface area contributed by atoms with Crippen LogP contribution in [0.2, 0.25) is 5.02 Å². The lowest BCUT2D eigenvalue weighted by Gasteiger charge is -2.11. The van der Waals surface area contributed by atoms with E-state index in [9.17, 15) is 4.79 Å². The van der Waals surface area contributed by atoms with E-state index >= 15 is 0 Å². The van der Waals surface area contributed by atoms with Crippen molar-refractivity contribution in [2.75, 3.05) is 7.05 Å². The average Bonchev–Trinajstić information content (AvgIpc) is 2.85. The number of halogens is 1. The van der Waals surface area contributed by atoms with Gasteiger partial charge in [-0.2, -0.15) is 0 Å². The molecule has 1 aliphatic carbocycles. The molecule has 0 aliphatic heterocycles. The molecule has 2 atom stereocenters. The number of hydrogen-bond acceptors (Lipinski definition) is 2. The lowest BCUT2D eigenvalue weighted by molar-refractivity contribution is -0.119. The minimum Gasteiger partial charge on any atom is -0.298 e. The normalized spacial score (nSPS) is 23.7. The monoisotopic (exact) mass is 297 g/mol. The fraction of sp³-hybridized carbons (Fsp3) is 0.222. The van der Waals surface area contributed by atoms with E-state index in [0.29, 0.717) is 11.4 Å². The fourth-order valence-corrected chi connectivity index (χ4v) is 3.22. The summed E-state index contributed by atoms with van der Waals surface area (Å²) in [5.74, 6) is -0.156. The SMILES string of the molecule is CN=C1CC(c2ccccc2)C(=O)C1c1cccc(Cl)c1. The molecule has 1 aliphatic rings. The van der Waals surface area contributed by atoms with Crippen LogP contribution in [-0.4, -0.2) is 18.5 Å². The van der Waals surface area contributed by atoms with E-state index < -0.39 is 0 Å². The molecule has 0 heterocycles. The van der Waals surface area contributed by atoms with Gasteiger partial charge in [-0.05, 0) is 23.3 Å². The molecule has 2 nitrogen and oxygen atoms in total. The van der Waals surface area contributed by atoms with Crippen molar-refractivity contribution in [3.05, 3.63) is 70.7 Å². The van der Waals surface area contributed by atoms with E-state index in [4.69, 9.17) is 11.6 Å². The Morgan fingerprint density at radius 1 is 1.05 bits per heavy atom. The Labute approximate surface area is 129 Å². The van der Waals surface area contributed by atoms with Crippen LogP contribution in [0.15, 0.2) is 59.6 Å². The molecule has 0 spiro atoms. The van der Waals surface area contributed by atoms with Crippen LogP contribution in [0.3, 0.4) is 0 Å². The first-order valence-corrected chi connectivity index (χ1v) is 7.38. The first-order chi connectivity index (χ1) is 10.2. The molecule has 3 heteroatoms. The van der Waals surface area contributed by atoms with Gasteiger partial charge < -0.3 is 0 Å². The molecule has 0 saturated heterocycles. The van der Waals surface area contributed by atoms with Crippen molar-refractivity contribution in [3.63, 3.8) is 0 Å². The minimum absolute atomic E-state index is 0.103. The number of carbonyl (C=O) groups excluding carboxylic acids is 1. The molecule has 3 rings (SSSR count). The highest BCUT2D eigenvalue weighted by atomic mass is 35.5. The van der Waals surface area contributed by atoms with Crippen LogP contribution in [0, 0.1) is 0 Å². The van der Waals surface area contributed by atoms with E-state index in [1.54, 1.807) is 7.05 Å². The average molecular weight is 298 g/mol. The number of aliphatic imine (C=N–C) groups is 1. The maximum atomic E-state index is 12.9. The smallest absolute Gasteiger partial charge is 0.153 e. The third-order valence-electron chi connectivity index (χ3n) is 4.05. The summed E-state index contributed by atoms with van der Waals surface area (Å²) in [6.07, 6.45) is 0.691. The number of rotatable bonds is 2. The zero-order chi connectivity index (χ0) is 14.8. The third kappa shape index (κ3) is 2.64. The van der Waals surface area contributed by atoms with Crippen molar-refractivity contribution in [2.24, 2.45) is 4.99 Å². The first kappa shape index (κ1) is 14.0. The second kappa shape index (κ2) is 5.82. The van der Waals surface area contributed by atoms with Crippen molar-refractivity contribution < 1.29 is 4.79 Å². The molecule has 0 amide bonds. The number of Topliss-reactive ketones (excluding diaryl/α,β-unsaturated/α-hetero) is 1. The van der Waals surface area contributed by atoms with Gasteiger partial charge in [-0.25, -0.2) is 0 Å². The molecule has 0 bridgehead atoms. The van der Waals surface area contributed by atoms with Gasteiger partial charge in [0.05, 0.1) is 5.92 Å². The minimum atomic E-state index is -0.265. The predicted molar refractivity (Wildman–Crippen MR) is 86.4 cm³/mol. The quantitative estimate of drug-likeness (QED) is 0.815. The maximum absolute atomic E-state index is 12.9. The highest BCUT2D eigenvalue weighted by molar-refractivity contribution is 6.30. The molecule has 1 fully saturated rings.